The molecule has 0 spiro atoms. The van der Waals surface area contributed by atoms with Crippen LogP contribution >= 0.6 is 24.2 Å². The lowest BCUT2D eigenvalue weighted by Gasteiger charge is -2.22. The van der Waals surface area contributed by atoms with Crippen LogP contribution in [0.1, 0.15) is 31.2 Å². The Balaban J connectivity index is 0.00000208. The van der Waals surface area contributed by atoms with E-state index in [1.165, 1.54) is 5.56 Å². The SMILES string of the molecule is Cl.O=C(Nc1cccc(CSC2CCOCC2)c1)C1CCNCC1. The molecule has 3 rings (SSSR count). The van der Waals surface area contributed by atoms with Crippen molar-refractivity contribution in [2.45, 2.75) is 36.7 Å². The van der Waals surface area contributed by atoms with Crippen molar-refractivity contribution in [3.05, 3.63) is 29.8 Å². The molecule has 1 aromatic rings. The third-order valence-electron chi connectivity index (χ3n) is 4.56. The standard InChI is InChI=1S/C18H26N2O2S.ClH/c21-18(15-4-8-19-9-5-15)20-16-3-1-2-14(12-16)13-23-17-6-10-22-11-7-17;/h1-3,12,15,17,19H,4-11,13H2,(H,20,21);1H. The van der Waals surface area contributed by atoms with E-state index in [4.69, 9.17) is 4.74 Å². The van der Waals surface area contributed by atoms with E-state index in [0.29, 0.717) is 5.25 Å². The molecule has 0 aromatic heterocycles. The van der Waals surface area contributed by atoms with Crippen molar-refractivity contribution in [3.8, 4) is 0 Å². The first kappa shape index (κ1) is 19.6. The fourth-order valence-corrected chi connectivity index (χ4v) is 4.26. The molecule has 0 aliphatic carbocycles. The molecule has 1 amide bonds. The highest BCUT2D eigenvalue weighted by Gasteiger charge is 2.21. The Morgan fingerprint density at radius 3 is 2.71 bits per heavy atom. The summed E-state index contributed by atoms with van der Waals surface area (Å²) >= 11 is 2.01. The first-order valence-corrected chi connectivity index (χ1v) is 9.66. The summed E-state index contributed by atoms with van der Waals surface area (Å²) in [4.78, 5) is 12.3. The molecule has 2 heterocycles. The van der Waals surface area contributed by atoms with Gasteiger partial charge in [-0.05, 0) is 56.5 Å². The second-order valence-electron chi connectivity index (χ2n) is 6.34. The third kappa shape index (κ3) is 5.96. The Morgan fingerprint density at radius 2 is 1.96 bits per heavy atom. The van der Waals surface area contributed by atoms with Gasteiger partial charge in [0, 0.05) is 35.8 Å². The van der Waals surface area contributed by atoms with Gasteiger partial charge in [0.2, 0.25) is 5.91 Å². The molecule has 24 heavy (non-hydrogen) atoms. The summed E-state index contributed by atoms with van der Waals surface area (Å²) in [6.45, 7) is 3.67. The van der Waals surface area contributed by atoms with Gasteiger partial charge in [-0.2, -0.15) is 11.8 Å². The van der Waals surface area contributed by atoms with Crippen LogP contribution in [0, 0.1) is 5.92 Å². The molecular formula is C18H27ClN2O2S. The lowest BCUT2D eigenvalue weighted by molar-refractivity contribution is -0.120. The number of thioether (sulfide) groups is 1. The van der Waals surface area contributed by atoms with Crippen LogP contribution in [0.15, 0.2) is 24.3 Å². The number of amides is 1. The number of ether oxygens (including phenoxy) is 1. The highest BCUT2D eigenvalue weighted by Crippen LogP contribution is 2.26. The van der Waals surface area contributed by atoms with Gasteiger partial charge >= 0.3 is 0 Å². The van der Waals surface area contributed by atoms with Crippen LogP contribution in [0.5, 0.6) is 0 Å². The van der Waals surface area contributed by atoms with Gasteiger partial charge in [-0.3, -0.25) is 4.79 Å². The van der Waals surface area contributed by atoms with Gasteiger partial charge in [-0.15, -0.1) is 12.4 Å². The van der Waals surface area contributed by atoms with E-state index in [1.54, 1.807) is 0 Å². The maximum atomic E-state index is 12.3. The number of benzene rings is 1. The second-order valence-corrected chi connectivity index (χ2v) is 7.63. The summed E-state index contributed by atoms with van der Waals surface area (Å²) in [5.41, 5.74) is 2.21. The Bertz CT molecular complexity index is 517. The number of piperidine rings is 1. The van der Waals surface area contributed by atoms with Crippen molar-refractivity contribution in [1.82, 2.24) is 5.32 Å². The Hall–Kier alpha value is -0.750. The molecule has 0 saturated carbocycles. The number of anilines is 1. The van der Waals surface area contributed by atoms with Crippen molar-refractivity contribution < 1.29 is 9.53 Å². The van der Waals surface area contributed by atoms with Crippen LogP contribution in [-0.2, 0) is 15.3 Å². The van der Waals surface area contributed by atoms with Crippen LogP contribution in [0.4, 0.5) is 5.69 Å². The largest absolute Gasteiger partial charge is 0.381 e. The molecule has 6 heteroatoms. The van der Waals surface area contributed by atoms with Gasteiger partial charge in [0.25, 0.3) is 0 Å². The topological polar surface area (TPSA) is 50.4 Å². The monoisotopic (exact) mass is 370 g/mol. The number of carbonyl (C=O) groups excluding carboxylic acids is 1. The predicted octanol–water partition coefficient (Wildman–Crippen LogP) is 3.46. The third-order valence-corrected chi connectivity index (χ3v) is 6.00. The highest BCUT2D eigenvalue weighted by molar-refractivity contribution is 7.99. The molecule has 2 aliphatic heterocycles. The molecule has 0 atom stereocenters. The quantitative estimate of drug-likeness (QED) is 0.833. The van der Waals surface area contributed by atoms with Crippen molar-refractivity contribution in [2.75, 3.05) is 31.6 Å². The second kappa shape index (κ2) is 10.3. The van der Waals surface area contributed by atoms with E-state index in [1.807, 2.05) is 23.9 Å². The first-order valence-electron chi connectivity index (χ1n) is 8.61. The molecule has 2 fully saturated rings. The number of nitrogens with one attached hydrogen (secondary N) is 2. The average Bonchev–Trinajstić information content (AvgIpc) is 2.62. The summed E-state index contributed by atoms with van der Waals surface area (Å²) in [5.74, 6) is 1.32. The Kier molecular flexibility index (Phi) is 8.39. The van der Waals surface area contributed by atoms with Crippen LogP contribution in [0.3, 0.4) is 0 Å². The maximum Gasteiger partial charge on any atom is 0.227 e. The first-order chi connectivity index (χ1) is 11.3. The molecule has 134 valence electrons. The zero-order valence-electron chi connectivity index (χ0n) is 14.0. The van der Waals surface area contributed by atoms with E-state index in [9.17, 15) is 4.79 Å². The maximum absolute atomic E-state index is 12.3. The number of hydrogen-bond acceptors (Lipinski definition) is 4. The zero-order chi connectivity index (χ0) is 15.9. The summed E-state index contributed by atoms with van der Waals surface area (Å²) in [5, 5.41) is 7.10. The molecule has 0 bridgehead atoms. The van der Waals surface area contributed by atoms with Gasteiger partial charge in [-0.1, -0.05) is 12.1 Å². The zero-order valence-corrected chi connectivity index (χ0v) is 15.6. The molecule has 0 radical (unpaired) electrons. The smallest absolute Gasteiger partial charge is 0.227 e. The van der Waals surface area contributed by atoms with Crippen molar-refractivity contribution >= 4 is 35.8 Å². The van der Waals surface area contributed by atoms with E-state index < -0.39 is 0 Å². The van der Waals surface area contributed by atoms with Gasteiger partial charge in [0.15, 0.2) is 0 Å². The van der Waals surface area contributed by atoms with E-state index in [2.05, 4.69) is 22.8 Å². The van der Waals surface area contributed by atoms with Crippen molar-refractivity contribution in [3.63, 3.8) is 0 Å². The Morgan fingerprint density at radius 1 is 1.21 bits per heavy atom. The average molecular weight is 371 g/mol. The molecule has 2 N–H and O–H groups in total. The summed E-state index contributed by atoms with van der Waals surface area (Å²) in [6.07, 6.45) is 4.17. The molecule has 0 unspecified atom stereocenters. The highest BCUT2D eigenvalue weighted by atomic mass is 35.5. The number of carbonyl (C=O) groups is 1. The number of halogens is 1. The molecular weight excluding hydrogens is 344 g/mol. The lowest BCUT2D eigenvalue weighted by Crippen LogP contribution is -2.34. The van der Waals surface area contributed by atoms with Gasteiger partial charge < -0.3 is 15.4 Å². The van der Waals surface area contributed by atoms with Crippen LogP contribution in [-0.4, -0.2) is 37.5 Å². The van der Waals surface area contributed by atoms with Crippen molar-refractivity contribution in [1.29, 1.82) is 0 Å². The molecule has 4 nitrogen and oxygen atoms in total. The van der Waals surface area contributed by atoms with Crippen molar-refractivity contribution in [2.24, 2.45) is 5.92 Å². The van der Waals surface area contributed by atoms with Crippen LogP contribution < -0.4 is 10.6 Å². The minimum atomic E-state index is 0. The van der Waals surface area contributed by atoms with Crippen LogP contribution in [0.25, 0.3) is 0 Å². The summed E-state index contributed by atoms with van der Waals surface area (Å²) < 4.78 is 5.41. The normalized spacial score (nSPS) is 19.5. The van der Waals surface area contributed by atoms with Crippen LogP contribution in [0.2, 0.25) is 0 Å². The van der Waals surface area contributed by atoms with Gasteiger partial charge in [0.1, 0.15) is 0 Å². The Labute approximate surface area is 154 Å². The van der Waals surface area contributed by atoms with Gasteiger partial charge in [0.05, 0.1) is 0 Å². The predicted molar refractivity (Wildman–Crippen MR) is 103 cm³/mol. The summed E-state index contributed by atoms with van der Waals surface area (Å²) in [6, 6.07) is 8.29. The minimum Gasteiger partial charge on any atom is -0.381 e. The lowest BCUT2D eigenvalue weighted by atomic mass is 9.97. The minimum absolute atomic E-state index is 0. The molecule has 2 aliphatic rings. The molecule has 2 saturated heterocycles. The van der Waals surface area contributed by atoms with E-state index >= 15 is 0 Å². The number of hydrogen-bond donors (Lipinski definition) is 2. The van der Waals surface area contributed by atoms with E-state index in [-0.39, 0.29) is 24.2 Å². The van der Waals surface area contributed by atoms with Gasteiger partial charge in [-0.25, -0.2) is 0 Å². The fourth-order valence-electron chi connectivity index (χ4n) is 3.12. The fraction of sp³-hybridized carbons (Fsp3) is 0.611. The summed E-state index contributed by atoms with van der Waals surface area (Å²) in [7, 11) is 0. The molecule has 1 aromatic carbocycles. The number of rotatable bonds is 5. The van der Waals surface area contributed by atoms with E-state index in [0.717, 1.165) is 63.4 Å².